The highest BCUT2D eigenvalue weighted by Gasteiger charge is 2.13. The van der Waals surface area contributed by atoms with Crippen molar-refractivity contribution < 1.29 is 9.47 Å². The van der Waals surface area contributed by atoms with Gasteiger partial charge in [0.15, 0.2) is 6.29 Å². The maximum Gasteiger partial charge on any atom is 0.157 e. The first-order valence-electron chi connectivity index (χ1n) is 10.2. The zero-order valence-electron chi connectivity index (χ0n) is 15.2. The molecule has 1 aliphatic rings. The minimum atomic E-state index is 0.100. The van der Waals surface area contributed by atoms with Crippen LogP contribution in [0, 0.1) is 0 Å². The van der Waals surface area contributed by atoms with Crippen LogP contribution in [0.4, 0.5) is 0 Å². The van der Waals surface area contributed by atoms with Crippen LogP contribution in [-0.2, 0) is 9.47 Å². The quantitative estimate of drug-likeness (QED) is 0.208. The van der Waals surface area contributed by atoms with Gasteiger partial charge in [-0.2, -0.15) is 0 Å². The van der Waals surface area contributed by atoms with E-state index in [1.807, 2.05) is 0 Å². The summed E-state index contributed by atoms with van der Waals surface area (Å²) < 4.78 is 11.3. The summed E-state index contributed by atoms with van der Waals surface area (Å²) in [6.45, 7) is 1.78. The van der Waals surface area contributed by atoms with Crippen molar-refractivity contribution in [3.05, 3.63) is 0 Å². The fraction of sp³-hybridized carbons (Fsp3) is 1.00. The molecule has 0 aromatic carbocycles. The van der Waals surface area contributed by atoms with E-state index < -0.39 is 0 Å². The zero-order valence-corrected chi connectivity index (χ0v) is 16.8. The summed E-state index contributed by atoms with van der Waals surface area (Å²) in [6.07, 6.45) is 21.8. The lowest BCUT2D eigenvalue weighted by atomic mass is 10.0. The van der Waals surface area contributed by atoms with E-state index in [9.17, 15) is 0 Å². The number of hydrogen-bond acceptors (Lipinski definition) is 2. The largest absolute Gasteiger partial charge is 0.353 e. The van der Waals surface area contributed by atoms with Gasteiger partial charge >= 0.3 is 0 Å². The van der Waals surface area contributed by atoms with Crippen LogP contribution in [0.25, 0.3) is 0 Å². The van der Waals surface area contributed by atoms with Crippen molar-refractivity contribution in [1.29, 1.82) is 0 Å². The SMILES string of the molecule is BrCCCCCCCCCCCCCCCOC1CCCCO1. The molecule has 1 unspecified atom stereocenters. The van der Waals surface area contributed by atoms with Crippen molar-refractivity contribution in [1.82, 2.24) is 0 Å². The normalized spacial score (nSPS) is 18.4. The van der Waals surface area contributed by atoms with Gasteiger partial charge in [0.05, 0.1) is 0 Å². The van der Waals surface area contributed by atoms with Gasteiger partial charge in [0.1, 0.15) is 0 Å². The van der Waals surface area contributed by atoms with Crippen LogP contribution in [-0.4, -0.2) is 24.8 Å². The van der Waals surface area contributed by atoms with Gasteiger partial charge in [0.25, 0.3) is 0 Å². The van der Waals surface area contributed by atoms with Crippen molar-refractivity contribution in [2.45, 2.75) is 109 Å². The van der Waals surface area contributed by atoms with Gasteiger partial charge < -0.3 is 9.47 Å². The van der Waals surface area contributed by atoms with E-state index in [-0.39, 0.29) is 6.29 Å². The molecule has 138 valence electrons. The summed E-state index contributed by atoms with van der Waals surface area (Å²) >= 11 is 3.49. The molecule has 2 nitrogen and oxygen atoms in total. The average Bonchev–Trinajstić information content (AvgIpc) is 2.59. The van der Waals surface area contributed by atoms with Crippen LogP contribution in [0.2, 0.25) is 0 Å². The highest BCUT2D eigenvalue weighted by atomic mass is 79.9. The molecule has 0 saturated carbocycles. The van der Waals surface area contributed by atoms with E-state index in [4.69, 9.17) is 9.47 Å². The van der Waals surface area contributed by atoms with Crippen LogP contribution in [0.1, 0.15) is 103 Å². The lowest BCUT2D eigenvalue weighted by Crippen LogP contribution is -2.22. The fourth-order valence-electron chi connectivity index (χ4n) is 3.20. The van der Waals surface area contributed by atoms with Crippen LogP contribution in [0.5, 0.6) is 0 Å². The highest BCUT2D eigenvalue weighted by Crippen LogP contribution is 2.15. The molecule has 1 rings (SSSR count). The molecule has 3 heteroatoms. The first-order valence-corrected chi connectivity index (χ1v) is 11.3. The van der Waals surface area contributed by atoms with Crippen LogP contribution in [0.15, 0.2) is 0 Å². The molecule has 0 aromatic rings. The molecule has 1 heterocycles. The van der Waals surface area contributed by atoms with Gasteiger partial charge in [-0.15, -0.1) is 0 Å². The minimum Gasteiger partial charge on any atom is -0.353 e. The van der Waals surface area contributed by atoms with Crippen molar-refractivity contribution in [3.63, 3.8) is 0 Å². The number of alkyl halides is 1. The first-order chi connectivity index (χ1) is 11.4. The second kappa shape index (κ2) is 17.2. The van der Waals surface area contributed by atoms with Crippen LogP contribution < -0.4 is 0 Å². The number of ether oxygens (including phenoxy) is 2. The average molecular weight is 391 g/mol. The van der Waals surface area contributed by atoms with Gasteiger partial charge in [0, 0.05) is 18.5 Å². The molecule has 1 atom stereocenters. The van der Waals surface area contributed by atoms with E-state index in [2.05, 4.69) is 15.9 Å². The third kappa shape index (κ3) is 14.4. The topological polar surface area (TPSA) is 18.5 Å². The molecule has 0 spiro atoms. The van der Waals surface area contributed by atoms with Gasteiger partial charge in [-0.25, -0.2) is 0 Å². The number of halogens is 1. The van der Waals surface area contributed by atoms with Crippen molar-refractivity contribution in [2.75, 3.05) is 18.5 Å². The Morgan fingerprint density at radius 1 is 0.696 bits per heavy atom. The Morgan fingerprint density at radius 3 is 1.70 bits per heavy atom. The Hall–Kier alpha value is 0.400. The zero-order chi connectivity index (χ0) is 16.4. The van der Waals surface area contributed by atoms with Crippen molar-refractivity contribution in [2.24, 2.45) is 0 Å². The predicted molar refractivity (Wildman–Crippen MR) is 103 cm³/mol. The first kappa shape index (κ1) is 21.4. The Morgan fingerprint density at radius 2 is 1.22 bits per heavy atom. The molecular formula is C20H39BrO2. The highest BCUT2D eigenvalue weighted by molar-refractivity contribution is 9.09. The van der Waals surface area contributed by atoms with Gasteiger partial charge in [-0.1, -0.05) is 86.6 Å². The summed E-state index contributed by atoms with van der Waals surface area (Å²) in [5.41, 5.74) is 0. The second-order valence-corrected chi connectivity index (χ2v) is 7.75. The Balaban J connectivity index is 1.67. The van der Waals surface area contributed by atoms with Gasteiger partial charge in [-0.05, 0) is 32.1 Å². The molecule has 1 aliphatic heterocycles. The summed E-state index contributed by atoms with van der Waals surface area (Å²) in [5.74, 6) is 0. The van der Waals surface area contributed by atoms with E-state index in [1.165, 1.54) is 102 Å². The molecule has 1 saturated heterocycles. The maximum absolute atomic E-state index is 5.77. The van der Waals surface area contributed by atoms with Crippen LogP contribution in [0.3, 0.4) is 0 Å². The van der Waals surface area contributed by atoms with Gasteiger partial charge in [-0.3, -0.25) is 0 Å². The predicted octanol–water partition coefficient (Wildman–Crippen LogP) is 7.00. The number of unbranched alkanes of at least 4 members (excludes halogenated alkanes) is 12. The molecule has 0 aliphatic carbocycles. The molecule has 0 aromatic heterocycles. The monoisotopic (exact) mass is 390 g/mol. The van der Waals surface area contributed by atoms with Crippen molar-refractivity contribution in [3.8, 4) is 0 Å². The Labute approximate surface area is 153 Å². The number of hydrogen-bond donors (Lipinski definition) is 0. The number of rotatable bonds is 16. The summed E-state index contributed by atoms with van der Waals surface area (Å²) in [5, 5.41) is 1.17. The summed E-state index contributed by atoms with van der Waals surface area (Å²) in [4.78, 5) is 0. The molecule has 0 radical (unpaired) electrons. The molecule has 0 amide bonds. The summed E-state index contributed by atoms with van der Waals surface area (Å²) in [7, 11) is 0. The minimum absolute atomic E-state index is 0.100. The van der Waals surface area contributed by atoms with Crippen LogP contribution >= 0.6 is 15.9 Å². The molecular weight excluding hydrogens is 352 g/mol. The Bertz CT molecular complexity index is 230. The molecule has 0 N–H and O–H groups in total. The molecule has 23 heavy (non-hydrogen) atoms. The maximum atomic E-state index is 5.77. The molecule has 1 fully saturated rings. The third-order valence-corrected chi connectivity index (χ3v) is 5.28. The lowest BCUT2D eigenvalue weighted by Gasteiger charge is -2.22. The standard InChI is InChI=1S/C20H39BrO2/c21-17-13-10-8-6-4-2-1-3-5-7-9-11-14-18-22-20-16-12-15-19-23-20/h20H,1-19H2. The van der Waals surface area contributed by atoms with E-state index in [1.54, 1.807) is 0 Å². The fourth-order valence-corrected chi connectivity index (χ4v) is 3.59. The molecule has 0 bridgehead atoms. The Kier molecular flexibility index (Phi) is 16.1. The van der Waals surface area contributed by atoms with Crippen molar-refractivity contribution >= 4 is 15.9 Å². The summed E-state index contributed by atoms with van der Waals surface area (Å²) in [6, 6.07) is 0. The van der Waals surface area contributed by atoms with Gasteiger partial charge in [0.2, 0.25) is 0 Å². The van der Waals surface area contributed by atoms with E-state index in [0.717, 1.165) is 19.6 Å². The lowest BCUT2D eigenvalue weighted by molar-refractivity contribution is -0.162. The van der Waals surface area contributed by atoms with E-state index in [0.29, 0.717) is 0 Å². The smallest absolute Gasteiger partial charge is 0.157 e. The third-order valence-electron chi connectivity index (χ3n) is 4.72. The second-order valence-electron chi connectivity index (χ2n) is 6.95. The van der Waals surface area contributed by atoms with E-state index >= 15 is 0 Å².